The Morgan fingerprint density at radius 3 is 2.93 bits per heavy atom. The summed E-state index contributed by atoms with van der Waals surface area (Å²) in [5, 5.41) is 16.8. The second-order valence-electron chi connectivity index (χ2n) is 2.68. The molecule has 0 saturated heterocycles. The minimum atomic E-state index is -0.519. The van der Waals surface area contributed by atoms with Gasteiger partial charge in [-0.1, -0.05) is 11.2 Å². The molecule has 1 aromatic carbocycles. The second kappa shape index (κ2) is 4.83. The molecule has 15 heavy (non-hydrogen) atoms. The number of hydrogen-bond donors (Lipinski definition) is 1. The molecule has 7 heteroatoms. The zero-order valence-electron chi connectivity index (χ0n) is 8.04. The third-order valence-electron chi connectivity index (χ3n) is 1.71. The van der Waals surface area contributed by atoms with Gasteiger partial charge in [-0.3, -0.25) is 10.1 Å². The van der Waals surface area contributed by atoms with Crippen LogP contribution in [0.25, 0.3) is 10.4 Å². The molecule has 0 fully saturated rings. The Kier molecular flexibility index (Phi) is 3.48. The number of rotatable bonds is 4. The molecule has 78 valence electrons. The number of benzene rings is 1. The normalized spacial score (nSPS) is 9.13. The number of nitro groups is 1. The van der Waals surface area contributed by atoms with Crippen LogP contribution in [-0.2, 0) is 0 Å². The maximum atomic E-state index is 10.7. The Morgan fingerprint density at radius 1 is 1.67 bits per heavy atom. The standard InChI is InChI=1S/C8H9N5O2/c1-2-10-7-4-3-6(11-12-9)5-8(7)13(14)15/h3-5,10H,2H2,1H3. The third-order valence-corrected chi connectivity index (χ3v) is 1.71. The van der Waals surface area contributed by atoms with Gasteiger partial charge in [-0.15, -0.1) is 0 Å². The van der Waals surface area contributed by atoms with Crippen molar-refractivity contribution in [1.82, 2.24) is 0 Å². The van der Waals surface area contributed by atoms with Crippen LogP contribution < -0.4 is 5.32 Å². The first kappa shape index (κ1) is 10.8. The Balaban J connectivity index is 3.19. The maximum Gasteiger partial charge on any atom is 0.292 e. The predicted molar refractivity (Wildman–Crippen MR) is 56.1 cm³/mol. The van der Waals surface area contributed by atoms with Crippen molar-refractivity contribution in [1.29, 1.82) is 0 Å². The highest BCUT2D eigenvalue weighted by atomic mass is 16.6. The molecule has 0 radical (unpaired) electrons. The molecule has 0 heterocycles. The molecule has 0 aromatic heterocycles. The summed E-state index contributed by atoms with van der Waals surface area (Å²) in [6.07, 6.45) is 0. The van der Waals surface area contributed by atoms with Crippen molar-refractivity contribution in [3.8, 4) is 0 Å². The fraction of sp³-hybridized carbons (Fsp3) is 0.250. The zero-order valence-corrected chi connectivity index (χ0v) is 8.04. The van der Waals surface area contributed by atoms with Crippen LogP contribution in [0.1, 0.15) is 6.92 Å². The fourth-order valence-electron chi connectivity index (χ4n) is 1.12. The van der Waals surface area contributed by atoms with Gasteiger partial charge in [0.1, 0.15) is 5.69 Å². The first-order chi connectivity index (χ1) is 7.19. The van der Waals surface area contributed by atoms with Gasteiger partial charge in [0, 0.05) is 23.2 Å². The van der Waals surface area contributed by atoms with E-state index in [-0.39, 0.29) is 11.4 Å². The SMILES string of the molecule is CCNc1ccc(N=[N+]=[N-])cc1[N+](=O)[O-]. The van der Waals surface area contributed by atoms with E-state index in [1.54, 1.807) is 0 Å². The van der Waals surface area contributed by atoms with Gasteiger partial charge in [-0.25, -0.2) is 0 Å². The highest BCUT2D eigenvalue weighted by Crippen LogP contribution is 2.29. The Morgan fingerprint density at radius 2 is 2.40 bits per heavy atom. The van der Waals surface area contributed by atoms with Crippen LogP contribution in [0.5, 0.6) is 0 Å². The van der Waals surface area contributed by atoms with Crippen LogP contribution in [0.2, 0.25) is 0 Å². The highest BCUT2D eigenvalue weighted by molar-refractivity contribution is 5.66. The number of hydrogen-bond acceptors (Lipinski definition) is 4. The van der Waals surface area contributed by atoms with Crippen molar-refractivity contribution >= 4 is 17.1 Å². The van der Waals surface area contributed by atoms with Crippen molar-refractivity contribution in [3.05, 3.63) is 38.8 Å². The van der Waals surface area contributed by atoms with E-state index < -0.39 is 4.92 Å². The Hall–Kier alpha value is -2.27. The molecular weight excluding hydrogens is 198 g/mol. The minimum Gasteiger partial charge on any atom is -0.380 e. The number of nitrogens with one attached hydrogen (secondary N) is 1. The molecule has 0 aliphatic carbocycles. The van der Waals surface area contributed by atoms with E-state index in [4.69, 9.17) is 5.53 Å². The minimum absolute atomic E-state index is 0.0956. The lowest BCUT2D eigenvalue weighted by molar-refractivity contribution is -0.383. The van der Waals surface area contributed by atoms with Gasteiger partial charge in [0.05, 0.1) is 4.92 Å². The number of nitrogens with zero attached hydrogens (tertiary/aromatic N) is 4. The Bertz CT molecular complexity index is 425. The summed E-state index contributed by atoms with van der Waals surface area (Å²) in [5.74, 6) is 0. The molecule has 0 saturated carbocycles. The fourth-order valence-corrected chi connectivity index (χ4v) is 1.12. The monoisotopic (exact) mass is 207 g/mol. The van der Waals surface area contributed by atoms with E-state index in [2.05, 4.69) is 15.3 Å². The van der Waals surface area contributed by atoms with E-state index in [1.807, 2.05) is 6.92 Å². The van der Waals surface area contributed by atoms with Gasteiger partial charge in [-0.2, -0.15) is 0 Å². The lowest BCUT2D eigenvalue weighted by atomic mass is 10.2. The first-order valence-corrected chi connectivity index (χ1v) is 4.26. The summed E-state index contributed by atoms with van der Waals surface area (Å²) in [7, 11) is 0. The third kappa shape index (κ3) is 2.58. The summed E-state index contributed by atoms with van der Waals surface area (Å²) >= 11 is 0. The Labute approximate surface area is 85.5 Å². The van der Waals surface area contributed by atoms with Crippen LogP contribution in [-0.4, -0.2) is 11.5 Å². The van der Waals surface area contributed by atoms with Crippen LogP contribution in [0, 0.1) is 10.1 Å². The van der Waals surface area contributed by atoms with E-state index in [9.17, 15) is 10.1 Å². The molecule has 0 aliphatic rings. The number of azide groups is 1. The average Bonchev–Trinajstić information content (AvgIpc) is 2.21. The molecule has 1 N–H and O–H groups in total. The van der Waals surface area contributed by atoms with Gasteiger partial charge in [-0.05, 0) is 18.5 Å². The zero-order chi connectivity index (χ0) is 11.3. The van der Waals surface area contributed by atoms with E-state index in [0.717, 1.165) is 0 Å². The van der Waals surface area contributed by atoms with Crippen LogP contribution in [0.4, 0.5) is 17.1 Å². The van der Waals surface area contributed by atoms with Crippen molar-refractivity contribution in [3.63, 3.8) is 0 Å². The quantitative estimate of drug-likeness (QED) is 0.269. The lowest BCUT2D eigenvalue weighted by Crippen LogP contribution is -2.00. The predicted octanol–water partition coefficient (Wildman–Crippen LogP) is 2.97. The first-order valence-electron chi connectivity index (χ1n) is 4.26. The van der Waals surface area contributed by atoms with E-state index >= 15 is 0 Å². The average molecular weight is 207 g/mol. The number of anilines is 1. The van der Waals surface area contributed by atoms with Gasteiger partial charge in [0.15, 0.2) is 0 Å². The molecule has 1 aromatic rings. The topological polar surface area (TPSA) is 104 Å². The summed E-state index contributed by atoms with van der Waals surface area (Å²) in [6.45, 7) is 2.42. The van der Waals surface area contributed by atoms with Crippen LogP contribution in [0.3, 0.4) is 0 Å². The molecule has 0 aliphatic heterocycles. The summed E-state index contributed by atoms with van der Waals surface area (Å²) in [4.78, 5) is 12.7. The highest BCUT2D eigenvalue weighted by Gasteiger charge is 2.13. The van der Waals surface area contributed by atoms with Gasteiger partial charge < -0.3 is 5.32 Å². The molecule has 1 rings (SSSR count). The molecule has 7 nitrogen and oxygen atoms in total. The van der Waals surface area contributed by atoms with E-state index in [1.165, 1.54) is 18.2 Å². The largest absolute Gasteiger partial charge is 0.380 e. The molecule has 0 bridgehead atoms. The van der Waals surface area contributed by atoms with E-state index in [0.29, 0.717) is 12.2 Å². The molecule has 0 unspecified atom stereocenters. The lowest BCUT2D eigenvalue weighted by Gasteiger charge is -2.04. The second-order valence-corrected chi connectivity index (χ2v) is 2.68. The van der Waals surface area contributed by atoms with Crippen LogP contribution >= 0.6 is 0 Å². The summed E-state index contributed by atoms with van der Waals surface area (Å²) < 4.78 is 0. The molecule has 0 spiro atoms. The molecular formula is C8H9N5O2. The maximum absolute atomic E-state index is 10.7. The van der Waals surface area contributed by atoms with Gasteiger partial charge in [0.2, 0.25) is 0 Å². The molecule has 0 atom stereocenters. The van der Waals surface area contributed by atoms with Crippen LogP contribution in [0.15, 0.2) is 23.3 Å². The van der Waals surface area contributed by atoms with Gasteiger partial charge >= 0.3 is 0 Å². The van der Waals surface area contributed by atoms with Crippen molar-refractivity contribution in [2.45, 2.75) is 6.92 Å². The van der Waals surface area contributed by atoms with Crippen molar-refractivity contribution < 1.29 is 4.92 Å². The van der Waals surface area contributed by atoms with Crippen molar-refractivity contribution in [2.24, 2.45) is 5.11 Å². The van der Waals surface area contributed by atoms with Gasteiger partial charge in [0.25, 0.3) is 5.69 Å². The summed E-state index contributed by atoms with van der Waals surface area (Å²) in [5.41, 5.74) is 8.74. The number of nitro benzene ring substituents is 1. The summed E-state index contributed by atoms with van der Waals surface area (Å²) in [6, 6.07) is 4.27. The molecule has 0 amide bonds. The smallest absolute Gasteiger partial charge is 0.292 e. The van der Waals surface area contributed by atoms with Crippen molar-refractivity contribution in [2.75, 3.05) is 11.9 Å².